The summed E-state index contributed by atoms with van der Waals surface area (Å²) in [5.41, 5.74) is 0. The van der Waals surface area contributed by atoms with Gasteiger partial charge in [0.25, 0.3) is 0 Å². The number of hydrogen-bond acceptors (Lipinski definition) is 2. The topological polar surface area (TPSA) is 23.6 Å². The van der Waals surface area contributed by atoms with Gasteiger partial charge in [0, 0.05) is 19.1 Å². The van der Waals surface area contributed by atoms with Crippen LogP contribution in [0.2, 0.25) is 0 Å². The van der Waals surface area contributed by atoms with Crippen LogP contribution < -0.4 is 0 Å². The van der Waals surface area contributed by atoms with Crippen LogP contribution in [0.1, 0.15) is 6.42 Å². The molecule has 12 heavy (non-hydrogen) atoms. The summed E-state index contributed by atoms with van der Waals surface area (Å²) in [4.78, 5) is 15.1. The molecule has 1 aliphatic heterocycles. The van der Waals surface area contributed by atoms with Gasteiger partial charge in [-0.3, -0.25) is 4.79 Å². The van der Waals surface area contributed by atoms with E-state index in [1.807, 2.05) is 19.0 Å². The lowest BCUT2D eigenvalue weighted by Crippen LogP contribution is -2.54. The van der Waals surface area contributed by atoms with E-state index in [0.717, 1.165) is 19.5 Å². The Balaban J connectivity index is 2.38. The molecule has 3 nitrogen and oxygen atoms in total. The fourth-order valence-electron chi connectivity index (χ4n) is 1.46. The second kappa shape index (κ2) is 3.72. The first-order chi connectivity index (χ1) is 5.65. The van der Waals surface area contributed by atoms with Gasteiger partial charge in [-0.15, -0.1) is 0 Å². The van der Waals surface area contributed by atoms with Crippen LogP contribution >= 0.6 is 0 Å². The van der Waals surface area contributed by atoms with Crippen LogP contribution in [-0.4, -0.2) is 48.9 Å². The molecule has 1 saturated heterocycles. The molecule has 1 amide bonds. The zero-order chi connectivity index (χ0) is 9.14. The molecule has 0 aliphatic carbocycles. The first-order valence-electron chi connectivity index (χ1n) is 4.23. The average molecular weight is 168 g/mol. The van der Waals surface area contributed by atoms with Crippen molar-refractivity contribution in [2.24, 2.45) is 0 Å². The minimum absolute atomic E-state index is 0.0631. The predicted octanol–water partition coefficient (Wildman–Crippen LogP) is 0.335. The number of amides is 1. The lowest BCUT2D eigenvalue weighted by atomic mass is 10.0. The monoisotopic (exact) mass is 168 g/mol. The van der Waals surface area contributed by atoms with Gasteiger partial charge in [0.15, 0.2) is 0 Å². The van der Waals surface area contributed by atoms with Gasteiger partial charge in [-0.1, -0.05) is 6.58 Å². The highest BCUT2D eigenvalue weighted by Gasteiger charge is 2.30. The third-order valence-electron chi connectivity index (χ3n) is 2.18. The molecule has 0 aromatic carbocycles. The van der Waals surface area contributed by atoms with Crippen LogP contribution in [0.4, 0.5) is 0 Å². The van der Waals surface area contributed by atoms with Gasteiger partial charge in [0.1, 0.15) is 0 Å². The van der Waals surface area contributed by atoms with E-state index in [2.05, 4.69) is 11.5 Å². The van der Waals surface area contributed by atoms with Crippen molar-refractivity contribution in [1.82, 2.24) is 9.80 Å². The molecule has 0 aromatic heterocycles. The normalized spacial score (nSPS) is 22.2. The molecule has 1 fully saturated rings. The van der Waals surface area contributed by atoms with Crippen LogP contribution in [0, 0.1) is 0 Å². The standard InChI is InChI=1S/C9H16N2O/c1-4-9(12)11-6-5-8(11)7-10(2)3/h4,8H,1,5-7H2,2-3H3. The molecule has 1 unspecified atom stereocenters. The zero-order valence-corrected chi connectivity index (χ0v) is 7.79. The smallest absolute Gasteiger partial charge is 0.246 e. The molecular weight excluding hydrogens is 152 g/mol. The Morgan fingerprint density at radius 2 is 2.42 bits per heavy atom. The van der Waals surface area contributed by atoms with E-state index in [0.29, 0.717) is 6.04 Å². The Labute approximate surface area is 73.6 Å². The number of carbonyl (C=O) groups excluding carboxylic acids is 1. The fourth-order valence-corrected chi connectivity index (χ4v) is 1.46. The Kier molecular flexibility index (Phi) is 2.87. The molecule has 0 radical (unpaired) electrons. The van der Waals surface area contributed by atoms with Crippen LogP contribution in [0.25, 0.3) is 0 Å². The van der Waals surface area contributed by atoms with Gasteiger partial charge in [-0.25, -0.2) is 0 Å². The number of hydrogen-bond donors (Lipinski definition) is 0. The second-order valence-corrected chi connectivity index (χ2v) is 3.44. The second-order valence-electron chi connectivity index (χ2n) is 3.44. The van der Waals surface area contributed by atoms with Crippen LogP contribution in [0.15, 0.2) is 12.7 Å². The van der Waals surface area contributed by atoms with Crippen LogP contribution in [0.3, 0.4) is 0 Å². The molecule has 0 spiro atoms. The van der Waals surface area contributed by atoms with Gasteiger partial charge >= 0.3 is 0 Å². The number of nitrogens with zero attached hydrogens (tertiary/aromatic N) is 2. The number of likely N-dealkylation sites (N-methyl/N-ethyl adjacent to an activating group) is 1. The Morgan fingerprint density at radius 1 is 1.75 bits per heavy atom. The lowest BCUT2D eigenvalue weighted by Gasteiger charge is -2.41. The van der Waals surface area contributed by atoms with Gasteiger partial charge in [-0.05, 0) is 26.6 Å². The van der Waals surface area contributed by atoms with E-state index in [-0.39, 0.29) is 5.91 Å². The lowest BCUT2D eigenvalue weighted by molar-refractivity contribution is -0.133. The average Bonchev–Trinajstić information content (AvgIpc) is 1.98. The molecule has 0 aromatic rings. The van der Waals surface area contributed by atoms with E-state index >= 15 is 0 Å². The maximum absolute atomic E-state index is 11.2. The summed E-state index contributed by atoms with van der Waals surface area (Å²) in [7, 11) is 4.05. The molecule has 0 bridgehead atoms. The fraction of sp³-hybridized carbons (Fsp3) is 0.667. The predicted molar refractivity (Wildman–Crippen MR) is 48.9 cm³/mol. The third-order valence-corrected chi connectivity index (χ3v) is 2.18. The molecule has 68 valence electrons. The summed E-state index contributed by atoms with van der Waals surface area (Å²) in [5.74, 6) is 0.0631. The highest BCUT2D eigenvalue weighted by molar-refractivity contribution is 5.87. The highest BCUT2D eigenvalue weighted by atomic mass is 16.2. The first-order valence-corrected chi connectivity index (χ1v) is 4.23. The number of carbonyl (C=O) groups is 1. The number of rotatable bonds is 3. The van der Waals surface area contributed by atoms with E-state index in [1.165, 1.54) is 6.08 Å². The van der Waals surface area contributed by atoms with Crippen LogP contribution in [0.5, 0.6) is 0 Å². The Morgan fingerprint density at radius 3 is 2.75 bits per heavy atom. The van der Waals surface area contributed by atoms with Gasteiger partial charge in [0.2, 0.25) is 5.91 Å². The van der Waals surface area contributed by atoms with Crippen molar-refractivity contribution in [3.8, 4) is 0 Å². The van der Waals surface area contributed by atoms with E-state index in [4.69, 9.17) is 0 Å². The summed E-state index contributed by atoms with van der Waals surface area (Å²) >= 11 is 0. The summed E-state index contributed by atoms with van der Waals surface area (Å²) in [6.45, 7) is 5.32. The highest BCUT2D eigenvalue weighted by Crippen LogP contribution is 2.17. The quantitative estimate of drug-likeness (QED) is 0.567. The van der Waals surface area contributed by atoms with Crippen LogP contribution in [-0.2, 0) is 4.79 Å². The molecule has 1 aliphatic rings. The van der Waals surface area contributed by atoms with Crippen molar-refractivity contribution in [3.63, 3.8) is 0 Å². The van der Waals surface area contributed by atoms with Gasteiger partial charge in [0.05, 0.1) is 0 Å². The minimum Gasteiger partial charge on any atom is -0.335 e. The molecule has 0 N–H and O–H groups in total. The zero-order valence-electron chi connectivity index (χ0n) is 7.79. The minimum atomic E-state index is 0.0631. The van der Waals surface area contributed by atoms with Gasteiger partial charge in [-0.2, -0.15) is 0 Å². The molecule has 0 saturated carbocycles. The SMILES string of the molecule is C=CC(=O)N1CCC1CN(C)C. The summed E-state index contributed by atoms with van der Waals surface area (Å²) < 4.78 is 0. The van der Waals surface area contributed by atoms with Gasteiger partial charge < -0.3 is 9.80 Å². The Bertz CT molecular complexity index is 189. The molecule has 3 heteroatoms. The van der Waals surface area contributed by atoms with Crippen molar-refractivity contribution in [1.29, 1.82) is 0 Å². The van der Waals surface area contributed by atoms with Crippen molar-refractivity contribution in [2.45, 2.75) is 12.5 Å². The summed E-state index contributed by atoms with van der Waals surface area (Å²) in [5, 5.41) is 0. The largest absolute Gasteiger partial charge is 0.335 e. The van der Waals surface area contributed by atoms with E-state index < -0.39 is 0 Å². The van der Waals surface area contributed by atoms with Crippen molar-refractivity contribution in [2.75, 3.05) is 27.2 Å². The third kappa shape index (κ3) is 1.85. The summed E-state index contributed by atoms with van der Waals surface area (Å²) in [6.07, 6.45) is 2.51. The molecule has 1 heterocycles. The molecule has 1 atom stereocenters. The molecular formula is C9H16N2O. The summed E-state index contributed by atoms with van der Waals surface area (Å²) in [6, 6.07) is 0.408. The van der Waals surface area contributed by atoms with Crippen molar-refractivity contribution in [3.05, 3.63) is 12.7 Å². The maximum Gasteiger partial charge on any atom is 0.246 e. The van der Waals surface area contributed by atoms with Crippen molar-refractivity contribution >= 4 is 5.91 Å². The Hall–Kier alpha value is -0.830. The first kappa shape index (κ1) is 9.26. The molecule has 1 rings (SSSR count). The van der Waals surface area contributed by atoms with E-state index in [9.17, 15) is 4.79 Å². The van der Waals surface area contributed by atoms with E-state index in [1.54, 1.807) is 0 Å². The maximum atomic E-state index is 11.2. The number of likely N-dealkylation sites (tertiary alicyclic amines) is 1. The van der Waals surface area contributed by atoms with Crippen molar-refractivity contribution < 1.29 is 4.79 Å².